The third kappa shape index (κ3) is 6.68. The third-order valence-electron chi connectivity index (χ3n) is 4.37. The van der Waals surface area contributed by atoms with Crippen molar-refractivity contribution in [3.63, 3.8) is 0 Å². The van der Waals surface area contributed by atoms with Crippen molar-refractivity contribution >= 4 is 22.1 Å². The average Bonchev–Trinajstić information content (AvgIpc) is 2.79. The molecule has 0 aromatic heterocycles. The molecule has 3 rings (SSSR count). The van der Waals surface area contributed by atoms with Crippen molar-refractivity contribution in [1.82, 2.24) is 10.1 Å². The molecule has 0 aliphatic rings. The topological polar surface area (TPSA) is 96.9 Å². The Hall–Kier alpha value is -3.65. The number of hydrogen-bond donors (Lipinski definition) is 2. The summed E-state index contributed by atoms with van der Waals surface area (Å²) in [6, 6.07) is 24.3. The number of ether oxygens (including phenoxy) is 1. The number of sulfonamides is 1. The van der Waals surface area contributed by atoms with Gasteiger partial charge in [0.05, 0.1) is 17.2 Å². The van der Waals surface area contributed by atoms with Gasteiger partial charge in [-0.05, 0) is 54.4 Å². The molecule has 0 heterocycles. The molecule has 1 amide bonds. The van der Waals surface area contributed by atoms with Gasteiger partial charge in [-0.25, -0.2) is 4.83 Å². The predicted octanol–water partition coefficient (Wildman–Crippen LogP) is 3.26. The molecule has 0 unspecified atom stereocenters. The lowest BCUT2D eigenvalue weighted by molar-refractivity contribution is -0.123. The van der Waals surface area contributed by atoms with Crippen molar-refractivity contribution in [2.45, 2.75) is 17.9 Å². The van der Waals surface area contributed by atoms with Gasteiger partial charge >= 0.3 is 0 Å². The van der Waals surface area contributed by atoms with Gasteiger partial charge in [-0.3, -0.25) is 4.79 Å². The zero-order valence-electron chi connectivity index (χ0n) is 16.9. The van der Waals surface area contributed by atoms with Gasteiger partial charge in [0.25, 0.3) is 15.9 Å². The Labute approximate surface area is 181 Å². The summed E-state index contributed by atoms with van der Waals surface area (Å²) in [6.45, 7) is 1.80. The maximum Gasteiger partial charge on any atom is 0.276 e. The highest BCUT2D eigenvalue weighted by Crippen LogP contribution is 2.13. The number of benzene rings is 3. The monoisotopic (exact) mass is 437 g/mol. The summed E-state index contributed by atoms with van der Waals surface area (Å²) in [7, 11) is -3.70. The molecule has 0 spiro atoms. The number of carbonyl (C=O) groups excluding carboxylic acids is 1. The van der Waals surface area contributed by atoms with Crippen LogP contribution < -0.4 is 14.9 Å². The largest absolute Gasteiger partial charge is 0.484 e. The zero-order valence-corrected chi connectivity index (χ0v) is 17.7. The summed E-state index contributed by atoms with van der Waals surface area (Å²) in [4.78, 5) is 14.4. The normalized spacial score (nSPS) is 12.3. The summed E-state index contributed by atoms with van der Waals surface area (Å²) < 4.78 is 29.7. The molecule has 8 heteroatoms. The van der Waals surface area contributed by atoms with Gasteiger partial charge in [0, 0.05) is 0 Å². The fourth-order valence-corrected chi connectivity index (χ4v) is 3.54. The van der Waals surface area contributed by atoms with Gasteiger partial charge in [-0.15, -0.1) is 0 Å². The molecule has 31 heavy (non-hydrogen) atoms. The van der Waals surface area contributed by atoms with Crippen LogP contribution in [-0.4, -0.2) is 27.1 Å². The first-order valence-corrected chi connectivity index (χ1v) is 11.1. The number of carbonyl (C=O) groups is 1. The molecule has 0 saturated heterocycles. The standard InChI is InChI=1S/C23H23N3O4S/c1-18(20-8-4-2-5-9-20)25-23(27)17-30-21-14-12-19(13-15-21)16-24-26-31(28,29)22-10-6-3-7-11-22/h2-16,18,26H,17H2,1H3,(H,25,27)/b24-16-/t18-/m0/s1. The van der Waals surface area contributed by atoms with E-state index in [2.05, 4.69) is 15.2 Å². The van der Waals surface area contributed by atoms with Crippen molar-refractivity contribution in [2.75, 3.05) is 6.61 Å². The highest BCUT2D eigenvalue weighted by molar-refractivity contribution is 7.89. The van der Waals surface area contributed by atoms with E-state index in [9.17, 15) is 13.2 Å². The molecule has 3 aromatic rings. The molecule has 160 valence electrons. The van der Waals surface area contributed by atoms with Gasteiger partial charge < -0.3 is 10.1 Å². The van der Waals surface area contributed by atoms with Crippen LogP contribution in [0.4, 0.5) is 0 Å². The summed E-state index contributed by atoms with van der Waals surface area (Å²) in [5, 5.41) is 6.67. The van der Waals surface area contributed by atoms with E-state index >= 15 is 0 Å². The zero-order chi connectivity index (χ0) is 22.1. The molecule has 0 bridgehead atoms. The molecule has 0 aliphatic heterocycles. The van der Waals surface area contributed by atoms with Crippen LogP contribution in [0.25, 0.3) is 0 Å². The molecule has 0 radical (unpaired) electrons. The Morgan fingerprint density at radius 2 is 1.58 bits per heavy atom. The highest BCUT2D eigenvalue weighted by atomic mass is 32.2. The number of hydrazone groups is 1. The lowest BCUT2D eigenvalue weighted by Crippen LogP contribution is -2.31. The number of nitrogens with one attached hydrogen (secondary N) is 2. The van der Waals surface area contributed by atoms with Crippen molar-refractivity contribution < 1.29 is 17.9 Å². The first-order chi connectivity index (χ1) is 14.9. The van der Waals surface area contributed by atoms with Crippen LogP contribution in [0, 0.1) is 0 Å². The lowest BCUT2D eigenvalue weighted by atomic mass is 10.1. The molecule has 1 atom stereocenters. The van der Waals surface area contributed by atoms with E-state index in [-0.39, 0.29) is 23.5 Å². The van der Waals surface area contributed by atoms with Gasteiger partial charge in [0.15, 0.2) is 6.61 Å². The second-order valence-electron chi connectivity index (χ2n) is 6.72. The Balaban J connectivity index is 1.47. The van der Waals surface area contributed by atoms with Crippen molar-refractivity contribution in [2.24, 2.45) is 5.10 Å². The predicted molar refractivity (Wildman–Crippen MR) is 119 cm³/mol. The maximum atomic E-state index is 12.1. The van der Waals surface area contributed by atoms with E-state index in [0.29, 0.717) is 11.3 Å². The van der Waals surface area contributed by atoms with Crippen LogP contribution >= 0.6 is 0 Å². The smallest absolute Gasteiger partial charge is 0.276 e. The summed E-state index contributed by atoms with van der Waals surface area (Å²) in [6.07, 6.45) is 1.39. The molecule has 0 aliphatic carbocycles. The minimum Gasteiger partial charge on any atom is -0.484 e. The Bertz CT molecular complexity index is 1120. The lowest BCUT2D eigenvalue weighted by Gasteiger charge is -2.14. The fraction of sp³-hybridized carbons (Fsp3) is 0.130. The average molecular weight is 438 g/mol. The number of rotatable bonds is 9. The quantitative estimate of drug-likeness (QED) is 0.397. The number of nitrogens with zero attached hydrogens (tertiary/aromatic N) is 1. The van der Waals surface area contributed by atoms with E-state index in [0.717, 1.165) is 5.56 Å². The SMILES string of the molecule is C[C@H](NC(=O)COc1ccc(/C=N\NS(=O)(=O)c2ccccc2)cc1)c1ccccc1. The molecule has 0 saturated carbocycles. The van der Waals surface area contributed by atoms with E-state index in [1.54, 1.807) is 42.5 Å². The fourth-order valence-electron chi connectivity index (χ4n) is 2.73. The Kier molecular flexibility index (Phi) is 7.40. The van der Waals surface area contributed by atoms with Crippen molar-refractivity contribution in [1.29, 1.82) is 0 Å². The molecule has 0 fully saturated rings. The van der Waals surface area contributed by atoms with E-state index in [1.807, 2.05) is 37.3 Å². The van der Waals surface area contributed by atoms with Gasteiger partial charge in [-0.2, -0.15) is 13.5 Å². The minimum atomic E-state index is -3.70. The Morgan fingerprint density at radius 1 is 0.968 bits per heavy atom. The van der Waals surface area contributed by atoms with Crippen molar-refractivity contribution in [3.8, 4) is 5.75 Å². The van der Waals surface area contributed by atoms with Crippen LogP contribution in [0.3, 0.4) is 0 Å². The van der Waals surface area contributed by atoms with Crippen LogP contribution in [0.1, 0.15) is 24.1 Å². The first-order valence-electron chi connectivity index (χ1n) is 9.61. The van der Waals surface area contributed by atoms with Crippen LogP contribution in [-0.2, 0) is 14.8 Å². The highest BCUT2D eigenvalue weighted by Gasteiger charge is 2.11. The second-order valence-corrected chi connectivity index (χ2v) is 8.38. The van der Waals surface area contributed by atoms with Gasteiger partial charge in [0.2, 0.25) is 0 Å². The van der Waals surface area contributed by atoms with E-state index in [4.69, 9.17) is 4.74 Å². The van der Waals surface area contributed by atoms with Gasteiger partial charge in [-0.1, -0.05) is 48.5 Å². The summed E-state index contributed by atoms with van der Waals surface area (Å²) in [5.41, 5.74) is 1.69. The minimum absolute atomic E-state index is 0.110. The third-order valence-corrected chi connectivity index (χ3v) is 5.61. The van der Waals surface area contributed by atoms with Crippen LogP contribution in [0.15, 0.2) is 94.9 Å². The summed E-state index contributed by atoms with van der Waals surface area (Å²) >= 11 is 0. The molecular formula is C23H23N3O4S. The Morgan fingerprint density at radius 3 is 2.23 bits per heavy atom. The first kappa shape index (κ1) is 22.0. The molecule has 3 aromatic carbocycles. The second kappa shape index (κ2) is 10.4. The van der Waals surface area contributed by atoms with E-state index < -0.39 is 10.0 Å². The summed E-state index contributed by atoms with van der Waals surface area (Å²) in [5.74, 6) is 0.293. The molecule has 7 nitrogen and oxygen atoms in total. The van der Waals surface area contributed by atoms with E-state index in [1.165, 1.54) is 18.3 Å². The molecule has 2 N–H and O–H groups in total. The van der Waals surface area contributed by atoms with Crippen LogP contribution in [0.5, 0.6) is 5.75 Å². The number of amides is 1. The van der Waals surface area contributed by atoms with Gasteiger partial charge in [0.1, 0.15) is 5.75 Å². The van der Waals surface area contributed by atoms with Crippen LogP contribution in [0.2, 0.25) is 0 Å². The van der Waals surface area contributed by atoms with Crippen molar-refractivity contribution in [3.05, 3.63) is 96.1 Å². The maximum absolute atomic E-state index is 12.1. The number of hydrogen-bond acceptors (Lipinski definition) is 5. The molecular weight excluding hydrogens is 414 g/mol.